The van der Waals surface area contributed by atoms with Crippen LogP contribution >= 0.6 is 0 Å². The van der Waals surface area contributed by atoms with Crippen molar-refractivity contribution in [2.45, 2.75) is 25.8 Å². The molecule has 0 spiro atoms. The molecule has 1 unspecified atom stereocenters. The second kappa shape index (κ2) is 8.49. The fraction of sp³-hybridized carbons (Fsp3) is 0.579. The Balaban J connectivity index is 1.55. The largest absolute Gasteiger partial charge is 0.351 e. The number of nitrogens with zero attached hydrogens (tertiary/aromatic N) is 3. The Hall–Kier alpha value is -2.15. The number of hydrogen-bond donors (Lipinski definition) is 1. The number of piperidine rings is 1. The van der Waals surface area contributed by atoms with Gasteiger partial charge >= 0.3 is 6.03 Å². The summed E-state index contributed by atoms with van der Waals surface area (Å²) in [5, 5.41) is 0. The molecule has 2 aliphatic heterocycles. The molecule has 142 valence electrons. The maximum absolute atomic E-state index is 13.9. The van der Waals surface area contributed by atoms with Crippen molar-refractivity contribution in [3.63, 3.8) is 0 Å². The summed E-state index contributed by atoms with van der Waals surface area (Å²) >= 11 is 0. The summed E-state index contributed by atoms with van der Waals surface area (Å²) in [6.07, 6.45) is 2.48. The highest BCUT2D eigenvalue weighted by molar-refractivity contribution is 5.80. The van der Waals surface area contributed by atoms with E-state index in [9.17, 15) is 14.0 Å². The second-order valence-electron chi connectivity index (χ2n) is 7.17. The van der Waals surface area contributed by atoms with Crippen molar-refractivity contribution >= 4 is 11.9 Å². The fourth-order valence-electron chi connectivity index (χ4n) is 3.85. The maximum atomic E-state index is 13.9. The van der Waals surface area contributed by atoms with Crippen molar-refractivity contribution in [1.82, 2.24) is 14.7 Å². The van der Waals surface area contributed by atoms with Gasteiger partial charge in [0.05, 0.1) is 5.92 Å². The third-order valence-electron chi connectivity index (χ3n) is 5.33. The summed E-state index contributed by atoms with van der Waals surface area (Å²) in [5.74, 6) is -0.225. The maximum Gasteiger partial charge on any atom is 0.314 e. The lowest BCUT2D eigenvalue weighted by atomic mass is 9.96. The van der Waals surface area contributed by atoms with E-state index in [1.54, 1.807) is 11.0 Å². The van der Waals surface area contributed by atoms with Crippen LogP contribution in [0.1, 0.15) is 24.8 Å². The monoisotopic (exact) mass is 362 g/mol. The average molecular weight is 362 g/mol. The minimum Gasteiger partial charge on any atom is -0.351 e. The molecule has 0 aliphatic carbocycles. The lowest BCUT2D eigenvalue weighted by Crippen LogP contribution is -2.48. The summed E-state index contributed by atoms with van der Waals surface area (Å²) in [5.41, 5.74) is 6.05. The molecule has 3 rings (SSSR count). The lowest BCUT2D eigenvalue weighted by molar-refractivity contribution is -0.136. The predicted octanol–water partition coefficient (Wildman–Crippen LogP) is 1.65. The quantitative estimate of drug-likeness (QED) is 0.889. The van der Waals surface area contributed by atoms with Crippen LogP contribution in [0.2, 0.25) is 0 Å². The Morgan fingerprint density at radius 1 is 1.04 bits per heavy atom. The normalized spacial score (nSPS) is 22.1. The SMILES string of the molecule is NC(=O)N1CCCC(C(=O)N2CCCN(Cc3ccccc3F)CC2)C1. The Morgan fingerprint density at radius 2 is 1.81 bits per heavy atom. The average Bonchev–Trinajstić information content (AvgIpc) is 2.89. The number of carbonyl (C=O) groups excluding carboxylic acids is 2. The highest BCUT2D eigenvalue weighted by Gasteiger charge is 2.31. The number of nitrogens with two attached hydrogens (primary N) is 1. The van der Waals surface area contributed by atoms with Gasteiger partial charge in [0.15, 0.2) is 0 Å². The minimum atomic E-state index is -0.450. The van der Waals surface area contributed by atoms with E-state index in [0.717, 1.165) is 32.4 Å². The van der Waals surface area contributed by atoms with E-state index in [1.807, 2.05) is 17.0 Å². The first kappa shape index (κ1) is 18.6. The number of amides is 3. The van der Waals surface area contributed by atoms with Crippen molar-refractivity contribution in [2.75, 3.05) is 39.3 Å². The molecular formula is C19H27FN4O2. The molecule has 1 aromatic rings. The van der Waals surface area contributed by atoms with Gasteiger partial charge < -0.3 is 15.5 Å². The number of rotatable bonds is 3. The van der Waals surface area contributed by atoms with Gasteiger partial charge in [0.1, 0.15) is 5.82 Å². The molecule has 2 N–H and O–H groups in total. The molecule has 0 aromatic heterocycles. The highest BCUT2D eigenvalue weighted by Crippen LogP contribution is 2.20. The lowest BCUT2D eigenvalue weighted by Gasteiger charge is -2.33. The van der Waals surface area contributed by atoms with Crippen molar-refractivity contribution < 1.29 is 14.0 Å². The number of primary amides is 1. The van der Waals surface area contributed by atoms with Gasteiger partial charge in [0, 0.05) is 51.4 Å². The number of halogens is 1. The standard InChI is InChI=1S/C19H27FN4O2/c20-17-7-2-1-5-15(17)13-22-8-4-10-23(12-11-22)18(25)16-6-3-9-24(14-16)19(21)26/h1-2,5,7,16H,3-4,6,8-14H2,(H2,21,26). The summed E-state index contributed by atoms with van der Waals surface area (Å²) in [4.78, 5) is 29.9. The molecule has 2 aliphatic rings. The van der Waals surface area contributed by atoms with E-state index in [-0.39, 0.29) is 17.6 Å². The number of carbonyl (C=O) groups is 2. The van der Waals surface area contributed by atoms with E-state index in [4.69, 9.17) is 5.73 Å². The molecule has 2 heterocycles. The van der Waals surface area contributed by atoms with Crippen LogP contribution in [-0.4, -0.2) is 65.9 Å². The van der Waals surface area contributed by atoms with Crippen molar-refractivity contribution in [2.24, 2.45) is 11.7 Å². The van der Waals surface area contributed by atoms with Gasteiger partial charge in [-0.2, -0.15) is 0 Å². The zero-order valence-corrected chi connectivity index (χ0v) is 15.1. The Labute approximate surface area is 153 Å². The van der Waals surface area contributed by atoms with E-state index in [1.165, 1.54) is 6.07 Å². The zero-order valence-electron chi connectivity index (χ0n) is 15.1. The van der Waals surface area contributed by atoms with Crippen LogP contribution in [0.15, 0.2) is 24.3 Å². The molecule has 1 aromatic carbocycles. The highest BCUT2D eigenvalue weighted by atomic mass is 19.1. The van der Waals surface area contributed by atoms with Gasteiger partial charge in [-0.15, -0.1) is 0 Å². The van der Waals surface area contributed by atoms with Gasteiger partial charge in [0.2, 0.25) is 5.91 Å². The first-order valence-corrected chi connectivity index (χ1v) is 9.33. The third-order valence-corrected chi connectivity index (χ3v) is 5.33. The van der Waals surface area contributed by atoms with Crippen LogP contribution in [-0.2, 0) is 11.3 Å². The molecule has 7 heteroatoms. The van der Waals surface area contributed by atoms with Crippen LogP contribution < -0.4 is 5.73 Å². The summed E-state index contributed by atoms with van der Waals surface area (Å²) in [7, 11) is 0. The van der Waals surface area contributed by atoms with Gasteiger partial charge in [-0.25, -0.2) is 9.18 Å². The van der Waals surface area contributed by atoms with Crippen LogP contribution in [0.4, 0.5) is 9.18 Å². The number of urea groups is 1. The van der Waals surface area contributed by atoms with Gasteiger partial charge in [-0.3, -0.25) is 9.69 Å². The first-order valence-electron chi connectivity index (χ1n) is 9.33. The molecule has 0 saturated carbocycles. The molecule has 3 amide bonds. The van der Waals surface area contributed by atoms with E-state index >= 15 is 0 Å². The smallest absolute Gasteiger partial charge is 0.314 e. The third kappa shape index (κ3) is 4.52. The van der Waals surface area contributed by atoms with Gasteiger partial charge in [0.25, 0.3) is 0 Å². The first-order chi connectivity index (χ1) is 12.5. The van der Waals surface area contributed by atoms with E-state index in [2.05, 4.69) is 4.90 Å². The van der Waals surface area contributed by atoms with E-state index in [0.29, 0.717) is 38.3 Å². The Bertz CT molecular complexity index is 654. The fourth-order valence-corrected chi connectivity index (χ4v) is 3.85. The predicted molar refractivity (Wildman–Crippen MR) is 96.8 cm³/mol. The van der Waals surface area contributed by atoms with Crippen LogP contribution in [0.5, 0.6) is 0 Å². The molecule has 6 nitrogen and oxygen atoms in total. The Kier molecular flexibility index (Phi) is 6.08. The zero-order chi connectivity index (χ0) is 18.5. The molecule has 2 fully saturated rings. The van der Waals surface area contributed by atoms with Crippen molar-refractivity contribution in [1.29, 1.82) is 0 Å². The van der Waals surface area contributed by atoms with Gasteiger partial charge in [-0.05, 0) is 25.3 Å². The molecule has 26 heavy (non-hydrogen) atoms. The topological polar surface area (TPSA) is 69.9 Å². The number of likely N-dealkylation sites (tertiary alicyclic amines) is 1. The second-order valence-corrected chi connectivity index (χ2v) is 7.17. The number of hydrogen-bond acceptors (Lipinski definition) is 3. The Morgan fingerprint density at radius 3 is 2.58 bits per heavy atom. The minimum absolute atomic E-state index is 0.115. The molecule has 2 saturated heterocycles. The molecular weight excluding hydrogens is 335 g/mol. The summed E-state index contributed by atoms with van der Waals surface area (Å²) < 4.78 is 13.9. The van der Waals surface area contributed by atoms with Crippen molar-refractivity contribution in [3.05, 3.63) is 35.6 Å². The summed E-state index contributed by atoms with van der Waals surface area (Å²) in [6, 6.07) is 6.38. The van der Waals surface area contributed by atoms with E-state index < -0.39 is 6.03 Å². The van der Waals surface area contributed by atoms with Crippen molar-refractivity contribution in [3.8, 4) is 0 Å². The van der Waals surface area contributed by atoms with Gasteiger partial charge in [-0.1, -0.05) is 18.2 Å². The number of benzene rings is 1. The molecule has 0 radical (unpaired) electrons. The van der Waals surface area contributed by atoms with Crippen LogP contribution in [0.25, 0.3) is 0 Å². The summed E-state index contributed by atoms with van der Waals surface area (Å²) in [6.45, 7) is 4.54. The molecule has 0 bridgehead atoms. The molecule has 1 atom stereocenters. The van der Waals surface area contributed by atoms with Crippen LogP contribution in [0.3, 0.4) is 0 Å². The van der Waals surface area contributed by atoms with Crippen LogP contribution in [0, 0.1) is 11.7 Å².